The van der Waals surface area contributed by atoms with E-state index in [1.54, 1.807) is 17.2 Å². The van der Waals surface area contributed by atoms with Crippen LogP contribution in [0.25, 0.3) is 0 Å². The van der Waals surface area contributed by atoms with Gasteiger partial charge in [0, 0.05) is 18.9 Å². The number of aliphatic hydroxyl groups is 1. The zero-order chi connectivity index (χ0) is 15.7. The van der Waals surface area contributed by atoms with Crippen LogP contribution in [0.15, 0.2) is 42.9 Å². The highest BCUT2D eigenvalue weighted by Gasteiger charge is 2.35. The Labute approximate surface area is 125 Å². The second-order valence-corrected chi connectivity index (χ2v) is 5.24. The normalized spacial score (nSPS) is 22.1. The van der Waals surface area contributed by atoms with E-state index in [1.807, 2.05) is 0 Å². The molecule has 0 radical (unpaired) electrons. The molecule has 0 spiro atoms. The standard InChI is InChI=1S/C15H14F3N3O/c16-15(17,18)11-3-1-2-10(6-11)13-7-12(22)9-21(13)14-8-19-4-5-20-14/h1-6,8,12-13,22H,7,9H2/t12-,13+/m0/s1. The van der Waals surface area contributed by atoms with Crippen molar-refractivity contribution in [2.75, 3.05) is 11.4 Å². The average Bonchev–Trinajstić information content (AvgIpc) is 2.89. The monoisotopic (exact) mass is 309 g/mol. The first-order valence-corrected chi connectivity index (χ1v) is 6.83. The van der Waals surface area contributed by atoms with Crippen LogP contribution in [0.4, 0.5) is 19.0 Å². The molecule has 0 amide bonds. The van der Waals surface area contributed by atoms with Crippen LogP contribution in [0.1, 0.15) is 23.6 Å². The Morgan fingerprint density at radius 3 is 2.73 bits per heavy atom. The van der Waals surface area contributed by atoms with Gasteiger partial charge in [-0.2, -0.15) is 13.2 Å². The SMILES string of the molecule is O[C@H]1C[C@H](c2cccc(C(F)(F)F)c2)N(c2cnccn2)C1. The van der Waals surface area contributed by atoms with Crippen LogP contribution in [0, 0.1) is 0 Å². The van der Waals surface area contributed by atoms with Crippen LogP contribution in [-0.2, 0) is 6.18 Å². The van der Waals surface area contributed by atoms with Crippen molar-refractivity contribution < 1.29 is 18.3 Å². The van der Waals surface area contributed by atoms with Crippen molar-refractivity contribution in [2.24, 2.45) is 0 Å². The van der Waals surface area contributed by atoms with Crippen molar-refractivity contribution in [1.29, 1.82) is 0 Å². The summed E-state index contributed by atoms with van der Waals surface area (Å²) in [5.41, 5.74) is -0.178. The highest BCUT2D eigenvalue weighted by molar-refractivity contribution is 5.43. The lowest BCUT2D eigenvalue weighted by atomic mass is 10.0. The molecule has 3 rings (SSSR count). The molecule has 2 atom stereocenters. The molecule has 1 aromatic carbocycles. The molecule has 0 aliphatic carbocycles. The summed E-state index contributed by atoms with van der Waals surface area (Å²) in [5.74, 6) is 0.543. The Kier molecular flexibility index (Phi) is 3.74. The number of rotatable bonds is 2. The van der Waals surface area contributed by atoms with Crippen molar-refractivity contribution in [3.63, 3.8) is 0 Å². The fraction of sp³-hybridized carbons (Fsp3) is 0.333. The number of aromatic nitrogens is 2. The molecule has 0 saturated carbocycles. The van der Waals surface area contributed by atoms with Gasteiger partial charge in [0.15, 0.2) is 0 Å². The quantitative estimate of drug-likeness (QED) is 0.927. The first kappa shape index (κ1) is 14.8. The Bertz CT molecular complexity index is 648. The molecule has 0 unspecified atom stereocenters. The maximum atomic E-state index is 12.9. The van der Waals surface area contributed by atoms with E-state index in [0.717, 1.165) is 12.1 Å². The number of aliphatic hydroxyl groups excluding tert-OH is 1. The second kappa shape index (κ2) is 5.57. The minimum Gasteiger partial charge on any atom is -0.391 e. The molecule has 2 aromatic rings. The first-order valence-electron chi connectivity index (χ1n) is 6.83. The smallest absolute Gasteiger partial charge is 0.391 e. The minimum absolute atomic E-state index is 0.319. The molecule has 1 N–H and O–H groups in total. The second-order valence-electron chi connectivity index (χ2n) is 5.24. The van der Waals surface area contributed by atoms with E-state index >= 15 is 0 Å². The van der Waals surface area contributed by atoms with Crippen LogP contribution in [0.3, 0.4) is 0 Å². The molecule has 1 fully saturated rings. The van der Waals surface area contributed by atoms with Gasteiger partial charge in [0.2, 0.25) is 0 Å². The molecule has 1 aromatic heterocycles. The Morgan fingerprint density at radius 1 is 1.23 bits per heavy atom. The van der Waals surface area contributed by atoms with E-state index in [4.69, 9.17) is 0 Å². The summed E-state index contributed by atoms with van der Waals surface area (Å²) in [6.07, 6.45) is -0.0545. The maximum absolute atomic E-state index is 12.9. The van der Waals surface area contributed by atoms with Gasteiger partial charge < -0.3 is 10.0 Å². The summed E-state index contributed by atoms with van der Waals surface area (Å²) in [4.78, 5) is 9.93. The molecule has 2 heterocycles. The summed E-state index contributed by atoms with van der Waals surface area (Å²) in [6.45, 7) is 0.319. The lowest BCUT2D eigenvalue weighted by Gasteiger charge is -2.25. The molecule has 22 heavy (non-hydrogen) atoms. The summed E-state index contributed by atoms with van der Waals surface area (Å²) < 4.78 is 38.6. The van der Waals surface area contributed by atoms with Crippen LogP contribution < -0.4 is 4.90 Å². The van der Waals surface area contributed by atoms with Gasteiger partial charge in [0.25, 0.3) is 0 Å². The van der Waals surface area contributed by atoms with Gasteiger partial charge in [0.1, 0.15) is 5.82 Å². The van der Waals surface area contributed by atoms with E-state index in [2.05, 4.69) is 9.97 Å². The molecule has 1 aliphatic heterocycles. The first-order chi connectivity index (χ1) is 10.4. The number of β-amino-alcohol motifs (C(OH)–C–C–N with tert-alkyl or cyclic N) is 1. The van der Waals surface area contributed by atoms with Gasteiger partial charge in [-0.05, 0) is 24.1 Å². The molecule has 1 aliphatic rings. The van der Waals surface area contributed by atoms with Gasteiger partial charge in [0.05, 0.1) is 23.9 Å². The predicted molar refractivity (Wildman–Crippen MR) is 74.2 cm³/mol. The lowest BCUT2D eigenvalue weighted by Crippen LogP contribution is -2.25. The van der Waals surface area contributed by atoms with Crippen LogP contribution >= 0.6 is 0 Å². The predicted octanol–water partition coefficient (Wildman–Crippen LogP) is 2.81. The van der Waals surface area contributed by atoms with E-state index < -0.39 is 17.8 Å². The largest absolute Gasteiger partial charge is 0.416 e. The number of benzene rings is 1. The van der Waals surface area contributed by atoms with Gasteiger partial charge in [-0.3, -0.25) is 4.98 Å². The van der Waals surface area contributed by atoms with Crippen molar-refractivity contribution in [2.45, 2.75) is 24.7 Å². The Hall–Kier alpha value is -2.15. The zero-order valence-electron chi connectivity index (χ0n) is 11.5. The van der Waals surface area contributed by atoms with E-state index in [-0.39, 0.29) is 6.04 Å². The Morgan fingerprint density at radius 2 is 2.05 bits per heavy atom. The number of alkyl halides is 3. The fourth-order valence-corrected chi connectivity index (χ4v) is 2.74. The minimum atomic E-state index is -4.38. The van der Waals surface area contributed by atoms with Crippen LogP contribution in [0.2, 0.25) is 0 Å². The summed E-state index contributed by atoms with van der Waals surface area (Å²) in [7, 11) is 0. The van der Waals surface area contributed by atoms with Crippen LogP contribution in [0.5, 0.6) is 0 Å². The lowest BCUT2D eigenvalue weighted by molar-refractivity contribution is -0.137. The highest BCUT2D eigenvalue weighted by atomic mass is 19.4. The van der Waals surface area contributed by atoms with E-state index in [9.17, 15) is 18.3 Å². The molecule has 0 bridgehead atoms. The van der Waals surface area contributed by atoms with E-state index in [1.165, 1.54) is 18.5 Å². The summed E-state index contributed by atoms with van der Waals surface area (Å²) >= 11 is 0. The van der Waals surface area contributed by atoms with Gasteiger partial charge in [-0.1, -0.05) is 12.1 Å². The van der Waals surface area contributed by atoms with Gasteiger partial charge in [-0.15, -0.1) is 0 Å². The highest BCUT2D eigenvalue weighted by Crippen LogP contribution is 2.37. The topological polar surface area (TPSA) is 49.2 Å². The third-order valence-electron chi connectivity index (χ3n) is 3.72. The third kappa shape index (κ3) is 2.89. The number of anilines is 1. The zero-order valence-corrected chi connectivity index (χ0v) is 11.5. The molecule has 1 saturated heterocycles. The maximum Gasteiger partial charge on any atom is 0.416 e. The van der Waals surface area contributed by atoms with Gasteiger partial charge in [-0.25, -0.2) is 4.98 Å². The number of halogens is 3. The van der Waals surface area contributed by atoms with Crippen molar-refractivity contribution in [3.05, 3.63) is 54.0 Å². The molecule has 7 heteroatoms. The average molecular weight is 309 g/mol. The van der Waals surface area contributed by atoms with Crippen molar-refractivity contribution in [1.82, 2.24) is 9.97 Å². The fourth-order valence-electron chi connectivity index (χ4n) is 2.74. The van der Waals surface area contributed by atoms with Gasteiger partial charge >= 0.3 is 6.18 Å². The van der Waals surface area contributed by atoms with Crippen LogP contribution in [-0.4, -0.2) is 27.7 Å². The molecular formula is C15H14F3N3O. The van der Waals surface area contributed by atoms with Crippen molar-refractivity contribution >= 4 is 5.82 Å². The Balaban J connectivity index is 1.96. The number of hydrogen-bond acceptors (Lipinski definition) is 4. The molecular weight excluding hydrogens is 295 g/mol. The molecule has 4 nitrogen and oxygen atoms in total. The van der Waals surface area contributed by atoms with Crippen molar-refractivity contribution in [3.8, 4) is 0 Å². The summed E-state index contributed by atoms with van der Waals surface area (Å²) in [6, 6.07) is 4.85. The number of nitrogens with zero attached hydrogens (tertiary/aromatic N) is 3. The van der Waals surface area contributed by atoms with E-state index in [0.29, 0.717) is 24.3 Å². The number of hydrogen-bond donors (Lipinski definition) is 1. The molecule has 116 valence electrons. The summed E-state index contributed by atoms with van der Waals surface area (Å²) in [5, 5.41) is 9.91. The third-order valence-corrected chi connectivity index (χ3v) is 3.72.